The number of nitrogens with zero attached hydrogens (tertiary/aromatic N) is 1. The monoisotopic (exact) mass is 184 g/mol. The van der Waals surface area contributed by atoms with Gasteiger partial charge in [-0.1, -0.05) is 6.92 Å². The second kappa shape index (κ2) is 4.37. The predicted molar refractivity (Wildman–Crippen MR) is 49.0 cm³/mol. The van der Waals surface area contributed by atoms with E-state index in [1.54, 1.807) is 0 Å². The highest BCUT2D eigenvalue weighted by molar-refractivity contribution is 5.81. The van der Waals surface area contributed by atoms with Crippen molar-refractivity contribution in [1.29, 1.82) is 0 Å². The second-order valence-corrected chi connectivity index (χ2v) is 3.63. The van der Waals surface area contributed by atoms with Crippen molar-refractivity contribution in [1.82, 2.24) is 4.90 Å². The quantitative estimate of drug-likeness (QED) is 0.659. The zero-order valence-electron chi connectivity index (χ0n) is 7.95. The average Bonchev–Trinajstić information content (AvgIpc) is 2.07. The predicted octanol–water partition coefficient (Wildman–Crippen LogP) is -0.227. The number of piperidine rings is 1. The molecule has 4 heteroatoms. The van der Waals surface area contributed by atoms with Crippen molar-refractivity contribution in [2.24, 2.45) is 11.7 Å². The summed E-state index contributed by atoms with van der Waals surface area (Å²) >= 11 is 0. The number of hydrogen-bond donors (Lipinski definition) is 1. The van der Waals surface area contributed by atoms with E-state index in [9.17, 15) is 9.59 Å². The van der Waals surface area contributed by atoms with Gasteiger partial charge in [0, 0.05) is 38.4 Å². The number of nitrogens with two attached hydrogens (primary N) is 1. The molecule has 0 bridgehead atoms. The molecular weight excluding hydrogens is 168 g/mol. The van der Waals surface area contributed by atoms with Gasteiger partial charge in [-0.15, -0.1) is 0 Å². The number of amides is 1. The molecule has 1 atom stereocenters. The first-order valence-electron chi connectivity index (χ1n) is 4.63. The lowest BCUT2D eigenvalue weighted by Gasteiger charge is -2.29. The first kappa shape index (κ1) is 10.2. The van der Waals surface area contributed by atoms with Gasteiger partial charge in [-0.25, -0.2) is 0 Å². The molecular formula is C9H16N2O2. The third-order valence-corrected chi connectivity index (χ3v) is 2.43. The molecule has 4 nitrogen and oxygen atoms in total. The Bertz CT molecular complexity index is 216. The molecule has 74 valence electrons. The summed E-state index contributed by atoms with van der Waals surface area (Å²) in [4.78, 5) is 23.8. The Hall–Kier alpha value is -0.900. The van der Waals surface area contributed by atoms with Crippen LogP contribution in [0.3, 0.4) is 0 Å². The third-order valence-electron chi connectivity index (χ3n) is 2.43. The number of rotatable bonds is 3. The molecule has 0 aromatic heterocycles. The number of hydrogen-bond acceptors (Lipinski definition) is 3. The van der Waals surface area contributed by atoms with Crippen LogP contribution in [0.5, 0.6) is 0 Å². The molecule has 1 saturated heterocycles. The molecule has 1 heterocycles. The lowest BCUT2D eigenvalue weighted by atomic mass is 9.98. The molecule has 0 radical (unpaired) electrons. The number of primary amides is 1. The summed E-state index contributed by atoms with van der Waals surface area (Å²) in [6.07, 6.45) is 1.00. The van der Waals surface area contributed by atoms with E-state index >= 15 is 0 Å². The van der Waals surface area contributed by atoms with Crippen LogP contribution in [0.25, 0.3) is 0 Å². The van der Waals surface area contributed by atoms with Crippen LogP contribution in [0.15, 0.2) is 0 Å². The van der Waals surface area contributed by atoms with Gasteiger partial charge in [0.25, 0.3) is 0 Å². The van der Waals surface area contributed by atoms with Crippen LogP contribution in [-0.2, 0) is 9.59 Å². The van der Waals surface area contributed by atoms with E-state index in [2.05, 4.69) is 4.90 Å². The molecule has 0 aromatic carbocycles. The van der Waals surface area contributed by atoms with Crippen LogP contribution in [-0.4, -0.2) is 36.2 Å². The highest BCUT2D eigenvalue weighted by Gasteiger charge is 2.22. The minimum atomic E-state index is -0.274. The van der Waals surface area contributed by atoms with Gasteiger partial charge in [-0.2, -0.15) is 0 Å². The molecule has 0 aromatic rings. The zero-order chi connectivity index (χ0) is 9.84. The number of likely N-dealkylation sites (tertiary alicyclic amines) is 1. The Morgan fingerprint density at radius 2 is 2.38 bits per heavy atom. The van der Waals surface area contributed by atoms with E-state index < -0.39 is 0 Å². The van der Waals surface area contributed by atoms with Crippen molar-refractivity contribution in [2.45, 2.75) is 19.8 Å². The Balaban J connectivity index is 2.29. The van der Waals surface area contributed by atoms with Crippen LogP contribution in [0.1, 0.15) is 19.8 Å². The summed E-state index contributed by atoms with van der Waals surface area (Å²) in [6.45, 7) is 4.16. The van der Waals surface area contributed by atoms with Crippen molar-refractivity contribution in [3.63, 3.8) is 0 Å². The molecule has 0 aliphatic carbocycles. The standard InChI is InChI=1S/C9H16N2O2/c1-7-6-11(4-2-8(7)12)5-3-9(10)13/h7H,2-6H2,1H3,(H2,10,13). The van der Waals surface area contributed by atoms with E-state index in [1.807, 2.05) is 6.92 Å². The molecule has 1 amide bonds. The van der Waals surface area contributed by atoms with E-state index in [-0.39, 0.29) is 11.8 Å². The maximum atomic E-state index is 11.2. The summed E-state index contributed by atoms with van der Waals surface area (Å²) in [7, 11) is 0. The fourth-order valence-corrected chi connectivity index (χ4v) is 1.57. The SMILES string of the molecule is CC1CN(CCC(N)=O)CCC1=O. The maximum Gasteiger partial charge on any atom is 0.218 e. The molecule has 1 fully saturated rings. The second-order valence-electron chi connectivity index (χ2n) is 3.63. The number of Topliss-reactive ketones (excluding diaryl/α,β-unsaturated/α-hetero) is 1. The minimum absolute atomic E-state index is 0.113. The van der Waals surface area contributed by atoms with Crippen molar-refractivity contribution in [3.05, 3.63) is 0 Å². The maximum absolute atomic E-state index is 11.2. The average molecular weight is 184 g/mol. The lowest BCUT2D eigenvalue weighted by Crippen LogP contribution is -2.40. The molecule has 1 unspecified atom stereocenters. The molecule has 2 N–H and O–H groups in total. The van der Waals surface area contributed by atoms with Gasteiger partial charge in [0.05, 0.1) is 0 Å². The Morgan fingerprint density at radius 1 is 1.69 bits per heavy atom. The normalized spacial score (nSPS) is 24.7. The summed E-state index contributed by atoms with van der Waals surface area (Å²) in [6, 6.07) is 0. The first-order chi connectivity index (χ1) is 6.09. The van der Waals surface area contributed by atoms with Gasteiger partial charge < -0.3 is 10.6 Å². The number of carbonyl (C=O) groups excluding carboxylic acids is 2. The van der Waals surface area contributed by atoms with Gasteiger partial charge in [-0.05, 0) is 0 Å². The van der Waals surface area contributed by atoms with Gasteiger partial charge in [0.2, 0.25) is 5.91 Å². The van der Waals surface area contributed by atoms with Gasteiger partial charge >= 0.3 is 0 Å². The van der Waals surface area contributed by atoms with Crippen molar-refractivity contribution < 1.29 is 9.59 Å². The van der Waals surface area contributed by atoms with Crippen LogP contribution < -0.4 is 5.73 Å². The molecule has 1 aliphatic rings. The van der Waals surface area contributed by atoms with E-state index in [1.165, 1.54) is 0 Å². The zero-order valence-corrected chi connectivity index (χ0v) is 7.95. The fourth-order valence-electron chi connectivity index (χ4n) is 1.57. The van der Waals surface area contributed by atoms with Crippen molar-refractivity contribution in [3.8, 4) is 0 Å². The minimum Gasteiger partial charge on any atom is -0.370 e. The first-order valence-corrected chi connectivity index (χ1v) is 4.63. The molecule has 0 saturated carbocycles. The molecule has 0 spiro atoms. The Kier molecular flexibility index (Phi) is 3.42. The summed E-state index contributed by atoms with van der Waals surface area (Å²) in [5, 5.41) is 0. The Morgan fingerprint density at radius 3 is 2.92 bits per heavy atom. The Labute approximate surface area is 78.1 Å². The molecule has 13 heavy (non-hydrogen) atoms. The fraction of sp³-hybridized carbons (Fsp3) is 0.778. The van der Waals surface area contributed by atoms with Crippen molar-refractivity contribution >= 4 is 11.7 Å². The molecule has 1 rings (SSSR count). The van der Waals surface area contributed by atoms with E-state index in [0.29, 0.717) is 25.2 Å². The van der Waals surface area contributed by atoms with Gasteiger partial charge in [0.1, 0.15) is 5.78 Å². The van der Waals surface area contributed by atoms with Crippen LogP contribution >= 0.6 is 0 Å². The molecule has 1 aliphatic heterocycles. The number of carbonyl (C=O) groups is 2. The van der Waals surface area contributed by atoms with Crippen LogP contribution in [0, 0.1) is 5.92 Å². The highest BCUT2D eigenvalue weighted by Crippen LogP contribution is 2.11. The van der Waals surface area contributed by atoms with Gasteiger partial charge in [0.15, 0.2) is 0 Å². The van der Waals surface area contributed by atoms with Gasteiger partial charge in [-0.3, -0.25) is 9.59 Å². The van der Waals surface area contributed by atoms with Crippen LogP contribution in [0.2, 0.25) is 0 Å². The van der Waals surface area contributed by atoms with E-state index in [4.69, 9.17) is 5.73 Å². The summed E-state index contributed by atoms with van der Waals surface area (Å²) in [5.41, 5.74) is 5.04. The largest absolute Gasteiger partial charge is 0.370 e. The number of ketones is 1. The topological polar surface area (TPSA) is 63.4 Å². The van der Waals surface area contributed by atoms with E-state index in [0.717, 1.165) is 13.1 Å². The smallest absolute Gasteiger partial charge is 0.218 e. The van der Waals surface area contributed by atoms with Crippen LogP contribution in [0.4, 0.5) is 0 Å². The third kappa shape index (κ3) is 3.14. The summed E-state index contributed by atoms with van der Waals surface area (Å²) < 4.78 is 0. The lowest BCUT2D eigenvalue weighted by molar-refractivity contribution is -0.125. The van der Waals surface area contributed by atoms with Crippen molar-refractivity contribution in [2.75, 3.05) is 19.6 Å². The summed E-state index contributed by atoms with van der Waals surface area (Å²) in [5.74, 6) is 0.168. The highest BCUT2D eigenvalue weighted by atomic mass is 16.1.